The number of hydrogen-bond donors (Lipinski definition) is 1. The number of halogens is 1. The molecule has 1 fully saturated rings. The fourth-order valence-electron chi connectivity index (χ4n) is 3.52. The lowest BCUT2D eigenvalue weighted by atomic mass is 10.2. The summed E-state index contributed by atoms with van der Waals surface area (Å²) in [7, 11) is 6.93. The summed E-state index contributed by atoms with van der Waals surface area (Å²) in [4.78, 5) is 22.3. The summed E-state index contributed by atoms with van der Waals surface area (Å²) in [6.07, 6.45) is 0. The van der Waals surface area contributed by atoms with Crippen molar-refractivity contribution in [2.45, 2.75) is 6.54 Å². The lowest BCUT2D eigenvalue weighted by molar-refractivity contribution is -0.130. The molecular weight excluding hydrogens is 533 g/mol. The van der Waals surface area contributed by atoms with Crippen LogP contribution in [0.2, 0.25) is 0 Å². The minimum absolute atomic E-state index is 0. The molecule has 1 aliphatic heterocycles. The van der Waals surface area contributed by atoms with Crippen LogP contribution in [0.15, 0.2) is 53.5 Å². The van der Waals surface area contributed by atoms with Crippen LogP contribution in [-0.2, 0) is 11.3 Å². The number of anilines is 1. The molecule has 0 atom stereocenters. The van der Waals surface area contributed by atoms with Crippen molar-refractivity contribution in [2.75, 3.05) is 65.9 Å². The number of methoxy groups -OCH3 is 1. The summed E-state index contributed by atoms with van der Waals surface area (Å²) in [6, 6.07) is 15.9. The van der Waals surface area contributed by atoms with E-state index in [2.05, 4.69) is 32.2 Å². The summed E-state index contributed by atoms with van der Waals surface area (Å²) >= 11 is 0. The molecule has 9 heteroatoms. The fraction of sp³-hybridized carbons (Fsp3) is 0.417. The molecule has 0 unspecified atom stereocenters. The molecule has 0 bridgehead atoms. The van der Waals surface area contributed by atoms with Crippen LogP contribution >= 0.6 is 24.0 Å². The summed E-state index contributed by atoms with van der Waals surface area (Å²) < 4.78 is 11.0. The Morgan fingerprint density at radius 1 is 1.06 bits per heavy atom. The van der Waals surface area contributed by atoms with E-state index < -0.39 is 0 Å². The van der Waals surface area contributed by atoms with Crippen molar-refractivity contribution in [3.8, 4) is 11.5 Å². The molecule has 180 valence electrons. The molecule has 1 amide bonds. The number of likely N-dealkylation sites (N-methyl/N-ethyl adjacent to an activating group) is 1. The zero-order chi connectivity index (χ0) is 22.9. The third-order valence-corrected chi connectivity index (χ3v) is 5.42. The van der Waals surface area contributed by atoms with E-state index in [4.69, 9.17) is 9.47 Å². The van der Waals surface area contributed by atoms with Gasteiger partial charge in [-0.1, -0.05) is 18.2 Å². The second-order valence-electron chi connectivity index (χ2n) is 7.80. The van der Waals surface area contributed by atoms with Gasteiger partial charge in [-0.3, -0.25) is 9.79 Å². The number of piperazine rings is 1. The average molecular weight is 567 g/mol. The second-order valence-corrected chi connectivity index (χ2v) is 7.80. The Hall–Kier alpha value is -2.69. The van der Waals surface area contributed by atoms with E-state index in [1.807, 2.05) is 43.4 Å². The third-order valence-electron chi connectivity index (χ3n) is 5.42. The third kappa shape index (κ3) is 7.69. The van der Waals surface area contributed by atoms with Gasteiger partial charge in [-0.2, -0.15) is 0 Å². The van der Waals surface area contributed by atoms with E-state index in [1.54, 1.807) is 21.2 Å². The van der Waals surface area contributed by atoms with E-state index in [0.717, 1.165) is 43.5 Å². The largest absolute Gasteiger partial charge is 0.497 e. The number of carbonyl (C=O) groups is 1. The first-order chi connectivity index (χ1) is 15.5. The molecule has 0 saturated carbocycles. The van der Waals surface area contributed by atoms with Crippen molar-refractivity contribution in [1.29, 1.82) is 0 Å². The SMILES string of the molecule is CN=C(NCc1cccc(OCC(=O)N(C)C)c1)N1CCN(c2cccc(OC)c2)CC1.I. The number of ether oxygens (including phenoxy) is 2. The van der Waals surface area contributed by atoms with Crippen molar-refractivity contribution >= 4 is 41.5 Å². The maximum absolute atomic E-state index is 11.7. The Morgan fingerprint density at radius 3 is 2.42 bits per heavy atom. The first-order valence-corrected chi connectivity index (χ1v) is 10.8. The van der Waals surface area contributed by atoms with Crippen LogP contribution in [0.5, 0.6) is 11.5 Å². The van der Waals surface area contributed by atoms with Gasteiger partial charge in [0.05, 0.1) is 7.11 Å². The Labute approximate surface area is 213 Å². The predicted octanol–water partition coefficient (Wildman–Crippen LogP) is 2.68. The molecule has 0 spiro atoms. The molecule has 0 aliphatic carbocycles. The van der Waals surface area contributed by atoms with E-state index in [9.17, 15) is 4.79 Å². The zero-order valence-corrected chi connectivity index (χ0v) is 22.1. The number of hydrogen-bond acceptors (Lipinski definition) is 5. The van der Waals surface area contributed by atoms with Gasteiger partial charge in [-0.15, -0.1) is 24.0 Å². The highest BCUT2D eigenvalue weighted by atomic mass is 127. The first kappa shape index (κ1) is 26.6. The summed E-state index contributed by atoms with van der Waals surface area (Å²) in [6.45, 7) is 4.25. The van der Waals surface area contributed by atoms with Crippen molar-refractivity contribution in [3.05, 3.63) is 54.1 Å². The number of amides is 1. The summed E-state index contributed by atoms with van der Waals surface area (Å²) in [5, 5.41) is 3.45. The molecule has 1 N–H and O–H groups in total. The Bertz CT molecular complexity index is 930. The average Bonchev–Trinajstić information content (AvgIpc) is 2.83. The molecule has 2 aromatic rings. The number of nitrogens with zero attached hydrogens (tertiary/aromatic N) is 4. The van der Waals surface area contributed by atoms with Gasteiger partial charge in [0.2, 0.25) is 0 Å². The Morgan fingerprint density at radius 2 is 1.76 bits per heavy atom. The Kier molecular flexibility index (Phi) is 10.6. The van der Waals surface area contributed by atoms with E-state index in [-0.39, 0.29) is 36.5 Å². The van der Waals surface area contributed by atoms with Crippen molar-refractivity contribution in [2.24, 2.45) is 4.99 Å². The molecule has 2 aromatic carbocycles. The molecule has 1 aliphatic rings. The van der Waals surface area contributed by atoms with Crippen LogP contribution in [0.3, 0.4) is 0 Å². The van der Waals surface area contributed by atoms with Gasteiger partial charge in [-0.05, 0) is 29.8 Å². The zero-order valence-electron chi connectivity index (χ0n) is 19.8. The fourth-order valence-corrected chi connectivity index (χ4v) is 3.52. The smallest absolute Gasteiger partial charge is 0.259 e. The monoisotopic (exact) mass is 567 g/mol. The molecule has 33 heavy (non-hydrogen) atoms. The van der Waals surface area contributed by atoms with Gasteiger partial charge < -0.3 is 29.5 Å². The lowest BCUT2D eigenvalue weighted by Crippen LogP contribution is -2.52. The maximum atomic E-state index is 11.7. The van der Waals surface area contributed by atoms with Crippen LogP contribution in [0.1, 0.15) is 5.56 Å². The van der Waals surface area contributed by atoms with Gasteiger partial charge in [0.25, 0.3) is 5.91 Å². The maximum Gasteiger partial charge on any atom is 0.259 e. The number of aliphatic imine (C=N–C) groups is 1. The van der Waals surface area contributed by atoms with Crippen LogP contribution in [-0.4, -0.2) is 82.7 Å². The normalized spacial score (nSPS) is 13.8. The molecule has 1 heterocycles. The lowest BCUT2D eigenvalue weighted by Gasteiger charge is -2.37. The van der Waals surface area contributed by atoms with Gasteiger partial charge in [0.1, 0.15) is 11.5 Å². The van der Waals surface area contributed by atoms with Crippen LogP contribution in [0, 0.1) is 0 Å². The minimum Gasteiger partial charge on any atom is -0.497 e. The molecular formula is C24H34IN5O3. The van der Waals surface area contributed by atoms with Crippen molar-refractivity contribution < 1.29 is 14.3 Å². The highest BCUT2D eigenvalue weighted by Crippen LogP contribution is 2.22. The number of rotatable bonds is 7. The van der Waals surface area contributed by atoms with E-state index in [1.165, 1.54) is 10.6 Å². The molecule has 8 nitrogen and oxygen atoms in total. The first-order valence-electron chi connectivity index (χ1n) is 10.8. The van der Waals surface area contributed by atoms with Gasteiger partial charge in [0.15, 0.2) is 12.6 Å². The number of benzene rings is 2. The van der Waals surface area contributed by atoms with Crippen LogP contribution < -0.4 is 19.7 Å². The standard InChI is InChI=1S/C24H33N5O3.HI/c1-25-24(26-17-19-7-5-10-22(15-19)32-18-23(30)27(2)3)29-13-11-28(12-14-29)20-8-6-9-21(16-20)31-4;/h5-10,15-16H,11-14,17-18H2,1-4H3,(H,25,26);1H. The summed E-state index contributed by atoms with van der Waals surface area (Å²) in [5.41, 5.74) is 2.24. The van der Waals surface area contributed by atoms with Gasteiger partial charge in [-0.25, -0.2) is 0 Å². The van der Waals surface area contributed by atoms with Gasteiger partial charge >= 0.3 is 0 Å². The Balaban J connectivity index is 0.00000385. The number of nitrogens with one attached hydrogen (secondary N) is 1. The van der Waals surface area contributed by atoms with Crippen molar-refractivity contribution in [3.63, 3.8) is 0 Å². The molecule has 3 rings (SSSR count). The highest BCUT2D eigenvalue weighted by molar-refractivity contribution is 14.0. The molecule has 1 saturated heterocycles. The molecule has 0 aromatic heterocycles. The van der Waals surface area contributed by atoms with Crippen LogP contribution in [0.25, 0.3) is 0 Å². The molecule has 0 radical (unpaired) electrons. The second kappa shape index (κ2) is 13.1. The van der Waals surface area contributed by atoms with Gasteiger partial charge in [0, 0.05) is 65.6 Å². The number of carbonyl (C=O) groups excluding carboxylic acids is 1. The number of guanidine groups is 1. The quantitative estimate of drug-likeness (QED) is 0.316. The predicted molar refractivity (Wildman–Crippen MR) is 143 cm³/mol. The van der Waals surface area contributed by atoms with E-state index in [0.29, 0.717) is 12.3 Å². The van der Waals surface area contributed by atoms with Crippen molar-refractivity contribution in [1.82, 2.24) is 15.1 Å². The van der Waals surface area contributed by atoms with Crippen LogP contribution in [0.4, 0.5) is 5.69 Å². The topological polar surface area (TPSA) is 69.6 Å². The highest BCUT2D eigenvalue weighted by Gasteiger charge is 2.20. The minimum atomic E-state index is -0.0676. The summed E-state index contributed by atoms with van der Waals surface area (Å²) in [5.74, 6) is 2.37. The van der Waals surface area contributed by atoms with E-state index >= 15 is 0 Å².